The lowest BCUT2D eigenvalue weighted by atomic mass is 9.54. The molecule has 8 rings (SSSR count). The number of benzene rings is 5. The van der Waals surface area contributed by atoms with Crippen LogP contribution in [0.5, 0.6) is 0 Å². The summed E-state index contributed by atoms with van der Waals surface area (Å²) in [6, 6.07) is 36.2. The molecule has 65 heavy (non-hydrogen) atoms. The van der Waals surface area contributed by atoms with Gasteiger partial charge in [0, 0.05) is 11.1 Å². The topological polar surface area (TPSA) is 90.9 Å². The maximum atomic E-state index is 15.8. The lowest BCUT2D eigenvalue weighted by Gasteiger charge is -2.42. The number of aryl methyl sites for hydroxylation is 2. The highest BCUT2D eigenvalue weighted by Crippen LogP contribution is 2.71. The molecule has 2 heterocycles. The van der Waals surface area contributed by atoms with Gasteiger partial charge in [-0.25, -0.2) is 0 Å². The SMILES string of the molecule is CCCCCCCCCCCCc1cc2c(cc1CCCCCCCCCCCC)C(=O)C1C(C2=O)C2(c3ccccc3)OC1(c1ccccc1)c1cc3cc(C#N)c(C#N)cc3cc12. The third kappa shape index (κ3) is 8.99. The van der Waals surface area contributed by atoms with E-state index in [2.05, 4.69) is 50.3 Å². The van der Waals surface area contributed by atoms with Gasteiger partial charge in [-0.1, -0.05) is 190 Å². The zero-order valence-electron chi connectivity index (χ0n) is 39.1. The summed E-state index contributed by atoms with van der Waals surface area (Å²) in [6.45, 7) is 4.54. The van der Waals surface area contributed by atoms with Crippen molar-refractivity contribution in [3.8, 4) is 12.1 Å². The van der Waals surface area contributed by atoms with E-state index < -0.39 is 23.0 Å². The van der Waals surface area contributed by atoms with Gasteiger partial charge in [0.05, 0.1) is 23.0 Å². The van der Waals surface area contributed by atoms with Crippen molar-refractivity contribution in [3.63, 3.8) is 0 Å². The first-order valence-corrected chi connectivity index (χ1v) is 25.4. The number of carbonyl (C=O) groups is 2. The first kappa shape index (κ1) is 46.2. The fourth-order valence-corrected chi connectivity index (χ4v) is 11.8. The molecule has 2 bridgehead atoms. The second kappa shape index (κ2) is 21.3. The van der Waals surface area contributed by atoms with Crippen LogP contribution >= 0.6 is 0 Å². The number of rotatable bonds is 24. The molecule has 4 atom stereocenters. The summed E-state index contributed by atoms with van der Waals surface area (Å²) in [7, 11) is 0. The molecule has 0 spiro atoms. The van der Waals surface area contributed by atoms with Gasteiger partial charge < -0.3 is 4.74 Å². The molecule has 4 unspecified atom stereocenters. The summed E-state index contributed by atoms with van der Waals surface area (Å²) in [6.07, 6.45) is 27.2. The third-order valence-corrected chi connectivity index (χ3v) is 15.1. The first-order valence-electron chi connectivity index (χ1n) is 25.4. The number of unbranched alkanes of at least 4 members (excludes halogenated alkanes) is 18. The Kier molecular flexibility index (Phi) is 15.1. The molecule has 5 aromatic carbocycles. The molecule has 3 aliphatic rings. The zero-order valence-corrected chi connectivity index (χ0v) is 39.1. The standard InChI is InChI=1S/C60H68N2O3/c1-3-5-7-9-11-13-15-17-19-23-29-43-37-51-52(38-44(43)30-24-20-18-16-14-12-10-8-6-4-2)58(64)56-55(57(51)63)59(49-31-25-21-26-32-49)53-39-45-35-47(41-61)48(42-62)36-46(45)40-54(53)60(56,65-59)50-33-27-22-28-34-50/h21-22,25-28,31-40,55-56H,3-20,23-24,29-30H2,1-2H3. The summed E-state index contributed by atoms with van der Waals surface area (Å²) >= 11 is 0. The number of hydrogen-bond donors (Lipinski definition) is 0. The van der Waals surface area contributed by atoms with Gasteiger partial charge in [-0.05, 0) is 106 Å². The molecular weight excluding hydrogens is 797 g/mol. The molecule has 5 aromatic rings. The summed E-state index contributed by atoms with van der Waals surface area (Å²) in [5, 5.41) is 21.6. The minimum atomic E-state index is -1.28. The number of nitriles is 2. The molecule has 0 N–H and O–H groups in total. The molecule has 0 radical (unpaired) electrons. The Bertz CT molecular complexity index is 2370. The van der Waals surface area contributed by atoms with E-state index >= 15 is 9.59 Å². The Morgan fingerprint density at radius 2 is 0.800 bits per heavy atom. The van der Waals surface area contributed by atoms with Gasteiger partial charge in [0.2, 0.25) is 0 Å². The number of nitrogens with zero attached hydrogens (tertiary/aromatic N) is 2. The van der Waals surface area contributed by atoms with E-state index in [0.717, 1.165) is 58.7 Å². The number of carbonyl (C=O) groups excluding carboxylic acids is 2. The quantitative estimate of drug-likeness (QED) is 0.0576. The van der Waals surface area contributed by atoms with Gasteiger partial charge in [-0.3, -0.25) is 9.59 Å². The van der Waals surface area contributed by atoms with E-state index in [9.17, 15) is 10.5 Å². The normalized spacial score (nSPS) is 20.4. The first-order chi connectivity index (χ1) is 31.9. The number of ketones is 2. The predicted octanol–water partition coefficient (Wildman–Crippen LogP) is 15.4. The molecule has 2 aliphatic heterocycles. The second-order valence-corrected chi connectivity index (χ2v) is 19.4. The van der Waals surface area contributed by atoms with Gasteiger partial charge in [0.25, 0.3) is 0 Å². The lowest BCUT2D eigenvalue weighted by molar-refractivity contribution is -0.0529. The molecule has 1 aliphatic carbocycles. The number of hydrogen-bond acceptors (Lipinski definition) is 5. The van der Waals surface area contributed by atoms with Crippen molar-refractivity contribution >= 4 is 22.3 Å². The van der Waals surface area contributed by atoms with Crippen LogP contribution in [0.4, 0.5) is 0 Å². The van der Waals surface area contributed by atoms with Gasteiger partial charge in [-0.2, -0.15) is 10.5 Å². The molecule has 0 aromatic heterocycles. The van der Waals surface area contributed by atoms with E-state index in [4.69, 9.17) is 4.74 Å². The fraction of sp³-hybridized carbons (Fsp3) is 0.467. The Hall–Kier alpha value is -5.36. The van der Waals surface area contributed by atoms with E-state index in [1.807, 2.05) is 60.7 Å². The van der Waals surface area contributed by atoms with Crippen molar-refractivity contribution < 1.29 is 14.3 Å². The molecule has 336 valence electrons. The monoisotopic (exact) mass is 865 g/mol. The highest BCUT2D eigenvalue weighted by Gasteiger charge is 2.76. The molecule has 0 saturated carbocycles. The highest BCUT2D eigenvalue weighted by molar-refractivity contribution is 6.18. The van der Waals surface area contributed by atoms with Crippen LogP contribution < -0.4 is 0 Å². The van der Waals surface area contributed by atoms with Crippen molar-refractivity contribution in [2.75, 3.05) is 0 Å². The predicted molar refractivity (Wildman–Crippen MR) is 262 cm³/mol. The molecule has 5 heteroatoms. The van der Waals surface area contributed by atoms with E-state index in [0.29, 0.717) is 22.3 Å². The van der Waals surface area contributed by atoms with Gasteiger partial charge in [0.15, 0.2) is 11.6 Å². The van der Waals surface area contributed by atoms with Crippen LogP contribution in [0.3, 0.4) is 0 Å². The summed E-state index contributed by atoms with van der Waals surface area (Å²) < 4.78 is 7.66. The van der Waals surface area contributed by atoms with Gasteiger partial charge >= 0.3 is 0 Å². The highest BCUT2D eigenvalue weighted by atomic mass is 16.5. The smallest absolute Gasteiger partial charge is 0.171 e. The maximum Gasteiger partial charge on any atom is 0.171 e. The van der Waals surface area contributed by atoms with Crippen molar-refractivity contribution in [1.29, 1.82) is 10.5 Å². The lowest BCUT2D eigenvalue weighted by Crippen LogP contribution is -2.51. The van der Waals surface area contributed by atoms with Crippen LogP contribution in [-0.4, -0.2) is 11.6 Å². The van der Waals surface area contributed by atoms with Crippen molar-refractivity contribution in [2.45, 2.75) is 166 Å². The Labute approximate surface area is 388 Å². The Balaban J connectivity index is 1.16. The zero-order chi connectivity index (χ0) is 45.2. The summed E-state index contributed by atoms with van der Waals surface area (Å²) in [5.41, 5.74) is 4.89. The number of Topliss-reactive ketones (excluding diaryl/α,β-unsaturated/α-hetero) is 2. The van der Waals surface area contributed by atoms with Crippen molar-refractivity contribution in [3.05, 3.63) is 153 Å². The molecule has 0 amide bonds. The maximum absolute atomic E-state index is 15.8. The second-order valence-electron chi connectivity index (χ2n) is 19.4. The average Bonchev–Trinajstić information content (AvgIpc) is 3.83. The number of ether oxygens (including phenoxy) is 1. The van der Waals surface area contributed by atoms with Gasteiger partial charge in [-0.15, -0.1) is 0 Å². The largest absolute Gasteiger partial charge is 0.348 e. The van der Waals surface area contributed by atoms with Crippen LogP contribution in [0.25, 0.3) is 10.8 Å². The van der Waals surface area contributed by atoms with Crippen molar-refractivity contribution in [1.82, 2.24) is 0 Å². The van der Waals surface area contributed by atoms with Crippen LogP contribution in [0.2, 0.25) is 0 Å². The van der Waals surface area contributed by atoms with Crippen LogP contribution in [-0.2, 0) is 28.8 Å². The minimum Gasteiger partial charge on any atom is -0.348 e. The molecule has 1 saturated heterocycles. The van der Waals surface area contributed by atoms with E-state index in [-0.39, 0.29) is 11.6 Å². The van der Waals surface area contributed by atoms with Crippen LogP contribution in [0.15, 0.2) is 97.1 Å². The summed E-state index contributed by atoms with van der Waals surface area (Å²) in [4.78, 5) is 31.6. The Morgan fingerprint density at radius 3 is 1.14 bits per heavy atom. The Morgan fingerprint density at radius 1 is 0.462 bits per heavy atom. The number of fused-ring (bicyclic) bond motifs is 10. The average molecular weight is 865 g/mol. The molecule has 1 fully saturated rings. The summed E-state index contributed by atoms with van der Waals surface area (Å²) in [5.74, 6) is -1.71. The molecular formula is C60H68N2O3. The van der Waals surface area contributed by atoms with E-state index in [1.54, 1.807) is 12.1 Å². The fourth-order valence-electron chi connectivity index (χ4n) is 11.8. The minimum absolute atomic E-state index is 0.0376. The third-order valence-electron chi connectivity index (χ3n) is 15.1. The van der Waals surface area contributed by atoms with Crippen LogP contribution in [0.1, 0.15) is 207 Å². The van der Waals surface area contributed by atoms with Gasteiger partial charge in [0.1, 0.15) is 23.3 Å². The molecule has 5 nitrogen and oxygen atoms in total. The van der Waals surface area contributed by atoms with Crippen LogP contribution in [0, 0.1) is 34.5 Å². The van der Waals surface area contributed by atoms with Crippen molar-refractivity contribution in [2.24, 2.45) is 11.8 Å². The van der Waals surface area contributed by atoms with E-state index in [1.165, 1.54) is 127 Å².